The van der Waals surface area contributed by atoms with Gasteiger partial charge in [-0.25, -0.2) is 13.2 Å². The lowest BCUT2D eigenvalue weighted by Gasteiger charge is -2.15. The molecule has 1 nitrogen and oxygen atoms in total. The van der Waals surface area contributed by atoms with Crippen LogP contribution in [0.25, 0.3) is 0 Å². The van der Waals surface area contributed by atoms with Crippen molar-refractivity contribution < 1.29 is 13.2 Å². The first-order valence-electron chi connectivity index (χ1n) is 4.98. The molecule has 1 fully saturated rings. The van der Waals surface area contributed by atoms with Crippen LogP contribution in [-0.2, 0) is 5.41 Å². The summed E-state index contributed by atoms with van der Waals surface area (Å²) in [6.45, 7) is 0.224. The van der Waals surface area contributed by atoms with E-state index in [0.29, 0.717) is 12.8 Å². The van der Waals surface area contributed by atoms with E-state index < -0.39 is 22.9 Å². The molecule has 5 heteroatoms. The van der Waals surface area contributed by atoms with Crippen LogP contribution in [0.15, 0.2) is 11.0 Å². The normalized spacial score (nSPS) is 17.6. The van der Waals surface area contributed by atoms with E-state index >= 15 is 0 Å². The number of nitrogens with two attached hydrogens (primary N) is 1. The highest BCUT2D eigenvalue weighted by Crippen LogP contribution is 2.49. The van der Waals surface area contributed by atoms with E-state index in [-0.39, 0.29) is 17.0 Å². The molecule has 16 heavy (non-hydrogen) atoms. The van der Waals surface area contributed by atoms with Gasteiger partial charge in [-0.2, -0.15) is 0 Å². The van der Waals surface area contributed by atoms with Crippen molar-refractivity contribution in [2.24, 2.45) is 5.73 Å². The molecule has 1 aromatic rings. The molecular formula is C11H12F3NS. The Bertz CT molecular complexity index is 430. The van der Waals surface area contributed by atoms with Crippen molar-refractivity contribution in [1.29, 1.82) is 0 Å². The molecule has 0 unspecified atom stereocenters. The fourth-order valence-electron chi connectivity index (χ4n) is 1.89. The minimum atomic E-state index is -1.10. The first-order valence-corrected chi connectivity index (χ1v) is 6.20. The Morgan fingerprint density at radius 1 is 1.31 bits per heavy atom. The van der Waals surface area contributed by atoms with E-state index in [1.54, 1.807) is 0 Å². The van der Waals surface area contributed by atoms with E-state index in [4.69, 9.17) is 5.73 Å². The van der Waals surface area contributed by atoms with Crippen LogP contribution in [0.2, 0.25) is 0 Å². The zero-order chi connectivity index (χ0) is 11.9. The average Bonchev–Trinajstić information content (AvgIpc) is 3.05. The third-order valence-corrected chi connectivity index (χ3v) is 3.92. The molecule has 0 bridgehead atoms. The summed E-state index contributed by atoms with van der Waals surface area (Å²) in [5.74, 6) is -2.75. The molecule has 1 aliphatic carbocycles. The van der Waals surface area contributed by atoms with Crippen LogP contribution in [-0.4, -0.2) is 12.8 Å². The lowest BCUT2D eigenvalue weighted by atomic mass is 9.95. The summed E-state index contributed by atoms with van der Waals surface area (Å²) in [6, 6.07) is 1.09. The van der Waals surface area contributed by atoms with Crippen LogP contribution in [0, 0.1) is 17.5 Å². The molecule has 1 saturated carbocycles. The van der Waals surface area contributed by atoms with Crippen LogP contribution >= 0.6 is 11.8 Å². The van der Waals surface area contributed by atoms with Crippen LogP contribution in [0.3, 0.4) is 0 Å². The molecule has 2 rings (SSSR count). The summed E-state index contributed by atoms with van der Waals surface area (Å²) in [5, 5.41) is 0. The predicted octanol–water partition coefficient (Wildman–Crippen LogP) is 2.82. The summed E-state index contributed by atoms with van der Waals surface area (Å²) >= 11 is 0.862. The van der Waals surface area contributed by atoms with Gasteiger partial charge in [-0.3, -0.25) is 0 Å². The molecule has 0 amide bonds. The zero-order valence-electron chi connectivity index (χ0n) is 8.82. The smallest absolute Gasteiger partial charge is 0.175 e. The number of halogens is 3. The molecule has 1 aromatic carbocycles. The molecule has 0 aliphatic heterocycles. The molecular weight excluding hydrogens is 235 g/mol. The van der Waals surface area contributed by atoms with Crippen molar-refractivity contribution >= 4 is 11.8 Å². The Morgan fingerprint density at radius 3 is 2.38 bits per heavy atom. The van der Waals surface area contributed by atoms with Gasteiger partial charge < -0.3 is 5.73 Å². The first-order chi connectivity index (χ1) is 7.55. The Hall–Kier alpha value is -0.680. The number of hydrogen-bond donors (Lipinski definition) is 1. The predicted molar refractivity (Wildman–Crippen MR) is 58.1 cm³/mol. The van der Waals surface area contributed by atoms with Gasteiger partial charge in [0.1, 0.15) is 5.82 Å². The highest BCUT2D eigenvalue weighted by molar-refractivity contribution is 7.98. The van der Waals surface area contributed by atoms with Crippen molar-refractivity contribution in [1.82, 2.24) is 0 Å². The standard InChI is InChI=1S/C11H12F3NS/c1-16-10-7(12)4-6(8(13)9(10)14)11(5-15)2-3-11/h4H,2-3,5,15H2,1H3. The molecule has 88 valence electrons. The second-order valence-corrected chi connectivity index (χ2v) is 4.87. The summed E-state index contributed by atoms with van der Waals surface area (Å²) in [5.41, 5.74) is 5.07. The highest BCUT2D eigenvalue weighted by atomic mass is 32.2. The lowest BCUT2D eigenvalue weighted by Crippen LogP contribution is -2.22. The van der Waals surface area contributed by atoms with E-state index in [0.717, 1.165) is 17.8 Å². The zero-order valence-corrected chi connectivity index (χ0v) is 9.63. The Labute approximate surface area is 96.2 Å². The topological polar surface area (TPSA) is 26.0 Å². The fraction of sp³-hybridized carbons (Fsp3) is 0.455. The van der Waals surface area contributed by atoms with Crippen molar-refractivity contribution in [3.8, 4) is 0 Å². The highest BCUT2D eigenvalue weighted by Gasteiger charge is 2.46. The summed E-state index contributed by atoms with van der Waals surface area (Å²) in [6.07, 6.45) is 2.90. The molecule has 1 aliphatic rings. The maximum atomic E-state index is 13.7. The number of benzene rings is 1. The second kappa shape index (κ2) is 3.96. The molecule has 0 spiro atoms. The average molecular weight is 247 g/mol. The fourth-order valence-corrected chi connectivity index (χ4v) is 2.41. The summed E-state index contributed by atoms with van der Waals surface area (Å²) in [7, 11) is 0. The van der Waals surface area contributed by atoms with Gasteiger partial charge in [-0.1, -0.05) is 0 Å². The third-order valence-electron chi connectivity index (χ3n) is 3.14. The minimum absolute atomic E-state index is 0.0859. The van der Waals surface area contributed by atoms with E-state index in [9.17, 15) is 13.2 Å². The minimum Gasteiger partial charge on any atom is -0.330 e. The van der Waals surface area contributed by atoms with E-state index in [2.05, 4.69) is 0 Å². The number of thioether (sulfide) groups is 1. The largest absolute Gasteiger partial charge is 0.330 e. The number of hydrogen-bond acceptors (Lipinski definition) is 2. The van der Waals surface area contributed by atoms with Gasteiger partial charge >= 0.3 is 0 Å². The molecule has 0 atom stereocenters. The van der Waals surface area contributed by atoms with Gasteiger partial charge in [0.05, 0.1) is 4.90 Å². The van der Waals surface area contributed by atoms with Crippen molar-refractivity contribution in [3.63, 3.8) is 0 Å². The number of rotatable bonds is 3. The van der Waals surface area contributed by atoms with Gasteiger partial charge in [0, 0.05) is 17.5 Å². The second-order valence-electron chi connectivity index (χ2n) is 4.05. The maximum Gasteiger partial charge on any atom is 0.175 e. The molecule has 0 radical (unpaired) electrons. The van der Waals surface area contributed by atoms with Crippen molar-refractivity contribution in [2.75, 3.05) is 12.8 Å². The maximum absolute atomic E-state index is 13.7. The molecule has 0 heterocycles. The van der Waals surface area contributed by atoms with Gasteiger partial charge in [0.25, 0.3) is 0 Å². The third kappa shape index (κ3) is 1.62. The van der Waals surface area contributed by atoms with Gasteiger partial charge in [0.15, 0.2) is 11.6 Å². The van der Waals surface area contributed by atoms with Crippen LogP contribution in [0.4, 0.5) is 13.2 Å². The Morgan fingerprint density at radius 2 is 1.94 bits per heavy atom. The monoisotopic (exact) mass is 247 g/mol. The molecule has 0 aromatic heterocycles. The molecule has 0 saturated heterocycles. The molecule has 2 N–H and O–H groups in total. The van der Waals surface area contributed by atoms with Gasteiger partial charge in [-0.05, 0) is 25.2 Å². The van der Waals surface area contributed by atoms with Crippen LogP contribution in [0.5, 0.6) is 0 Å². The van der Waals surface area contributed by atoms with Gasteiger partial charge in [-0.15, -0.1) is 11.8 Å². The van der Waals surface area contributed by atoms with Crippen molar-refractivity contribution in [2.45, 2.75) is 23.2 Å². The van der Waals surface area contributed by atoms with Gasteiger partial charge in [0.2, 0.25) is 0 Å². The summed E-state index contributed by atoms with van der Waals surface area (Å²) in [4.78, 5) is -0.269. The Balaban J connectivity index is 2.57. The van der Waals surface area contributed by atoms with Crippen LogP contribution < -0.4 is 5.73 Å². The quantitative estimate of drug-likeness (QED) is 0.656. The van der Waals surface area contributed by atoms with E-state index in [1.165, 1.54) is 6.26 Å². The van der Waals surface area contributed by atoms with Crippen LogP contribution in [0.1, 0.15) is 18.4 Å². The Kier molecular flexibility index (Phi) is 2.92. The van der Waals surface area contributed by atoms with E-state index in [1.807, 2.05) is 0 Å². The lowest BCUT2D eigenvalue weighted by molar-refractivity contribution is 0.447. The van der Waals surface area contributed by atoms with Crippen molar-refractivity contribution in [3.05, 3.63) is 29.1 Å². The summed E-state index contributed by atoms with van der Waals surface area (Å²) < 4.78 is 40.8. The first kappa shape index (κ1) is 11.8. The SMILES string of the molecule is CSc1c(F)cc(C2(CN)CC2)c(F)c1F.